The number of nitrogens with zero attached hydrogens (tertiary/aromatic N) is 4. The highest BCUT2D eigenvalue weighted by atomic mass is 15.3. The zero-order valence-corrected chi connectivity index (χ0v) is 14.3. The number of aryl methyl sites for hydroxylation is 1. The summed E-state index contributed by atoms with van der Waals surface area (Å²) in [6.07, 6.45) is 1.89. The Balaban J connectivity index is 1.75. The molecule has 0 saturated heterocycles. The van der Waals surface area contributed by atoms with Crippen LogP contribution in [0.2, 0.25) is 0 Å². The first-order valence-corrected chi connectivity index (χ1v) is 8.26. The van der Waals surface area contributed by atoms with Gasteiger partial charge in [0, 0.05) is 35.8 Å². The molecule has 0 atom stereocenters. The average Bonchev–Trinajstić information content (AvgIpc) is 2.98. The Bertz CT molecular complexity index is 1020. The molecule has 0 bridgehead atoms. The molecule has 4 rings (SSSR count). The van der Waals surface area contributed by atoms with Crippen molar-refractivity contribution in [2.24, 2.45) is 7.05 Å². The fourth-order valence-corrected chi connectivity index (χ4v) is 2.82. The maximum Gasteiger partial charge on any atom is 0.162 e. The van der Waals surface area contributed by atoms with Crippen LogP contribution in [0.4, 0.5) is 5.82 Å². The van der Waals surface area contributed by atoms with Gasteiger partial charge in [-0.1, -0.05) is 42.5 Å². The number of hydrogen-bond donors (Lipinski definition) is 1. The molecule has 25 heavy (non-hydrogen) atoms. The normalized spacial score (nSPS) is 11.0. The van der Waals surface area contributed by atoms with Gasteiger partial charge < -0.3 is 5.32 Å². The van der Waals surface area contributed by atoms with Crippen molar-refractivity contribution in [3.05, 3.63) is 72.1 Å². The first-order valence-electron chi connectivity index (χ1n) is 8.26. The lowest BCUT2D eigenvalue weighted by Gasteiger charge is -2.11. The molecule has 5 heteroatoms. The highest BCUT2D eigenvalue weighted by Gasteiger charge is 2.10. The van der Waals surface area contributed by atoms with Crippen molar-refractivity contribution in [3.63, 3.8) is 0 Å². The van der Waals surface area contributed by atoms with Gasteiger partial charge in [0.2, 0.25) is 0 Å². The van der Waals surface area contributed by atoms with E-state index in [0.29, 0.717) is 6.54 Å². The number of benzene rings is 2. The van der Waals surface area contributed by atoms with Gasteiger partial charge in [0.05, 0.1) is 11.7 Å². The van der Waals surface area contributed by atoms with Gasteiger partial charge in [-0.2, -0.15) is 5.10 Å². The second kappa shape index (κ2) is 6.36. The Morgan fingerprint density at radius 3 is 2.48 bits per heavy atom. The number of aromatic nitrogens is 4. The molecule has 0 spiro atoms. The van der Waals surface area contributed by atoms with Gasteiger partial charge in [0.1, 0.15) is 5.82 Å². The van der Waals surface area contributed by atoms with Crippen LogP contribution in [0, 0.1) is 6.92 Å². The zero-order chi connectivity index (χ0) is 17.2. The van der Waals surface area contributed by atoms with E-state index in [1.807, 2.05) is 72.5 Å². The summed E-state index contributed by atoms with van der Waals surface area (Å²) < 4.78 is 1.88. The lowest BCUT2D eigenvalue weighted by atomic mass is 10.2. The summed E-state index contributed by atoms with van der Waals surface area (Å²) in [4.78, 5) is 9.49. The van der Waals surface area contributed by atoms with E-state index in [-0.39, 0.29) is 0 Å². The van der Waals surface area contributed by atoms with Crippen molar-refractivity contribution in [2.45, 2.75) is 13.5 Å². The highest BCUT2D eigenvalue weighted by Crippen LogP contribution is 2.25. The SMILES string of the molecule is Cc1c(CNc2nc(-c3ccccc3)nc3ccccc23)cnn1C. The fourth-order valence-electron chi connectivity index (χ4n) is 2.82. The summed E-state index contributed by atoms with van der Waals surface area (Å²) in [5.74, 6) is 1.57. The van der Waals surface area contributed by atoms with Crippen LogP contribution in [-0.2, 0) is 13.6 Å². The minimum Gasteiger partial charge on any atom is -0.365 e. The van der Waals surface area contributed by atoms with Crippen LogP contribution in [0.1, 0.15) is 11.3 Å². The molecule has 1 N–H and O–H groups in total. The molecule has 0 aliphatic carbocycles. The minimum atomic E-state index is 0.676. The number of fused-ring (bicyclic) bond motifs is 1. The van der Waals surface area contributed by atoms with E-state index in [9.17, 15) is 0 Å². The highest BCUT2D eigenvalue weighted by molar-refractivity contribution is 5.90. The third kappa shape index (κ3) is 2.96. The Hall–Kier alpha value is -3.21. The van der Waals surface area contributed by atoms with Crippen LogP contribution in [0.25, 0.3) is 22.3 Å². The second-order valence-corrected chi connectivity index (χ2v) is 6.01. The number of anilines is 1. The first-order chi connectivity index (χ1) is 12.2. The quantitative estimate of drug-likeness (QED) is 0.616. The molecule has 0 aliphatic heterocycles. The Morgan fingerprint density at radius 2 is 1.72 bits per heavy atom. The van der Waals surface area contributed by atoms with Crippen molar-refractivity contribution >= 4 is 16.7 Å². The van der Waals surface area contributed by atoms with Gasteiger partial charge in [-0.25, -0.2) is 9.97 Å². The lowest BCUT2D eigenvalue weighted by Crippen LogP contribution is -2.05. The van der Waals surface area contributed by atoms with E-state index in [1.165, 1.54) is 0 Å². The number of nitrogens with one attached hydrogen (secondary N) is 1. The Morgan fingerprint density at radius 1 is 0.960 bits per heavy atom. The Labute approximate surface area is 146 Å². The van der Waals surface area contributed by atoms with E-state index in [4.69, 9.17) is 9.97 Å². The number of hydrogen-bond acceptors (Lipinski definition) is 4. The van der Waals surface area contributed by atoms with E-state index in [2.05, 4.69) is 17.3 Å². The lowest BCUT2D eigenvalue weighted by molar-refractivity contribution is 0.738. The van der Waals surface area contributed by atoms with Gasteiger partial charge >= 0.3 is 0 Å². The van der Waals surface area contributed by atoms with Crippen LogP contribution >= 0.6 is 0 Å². The van der Waals surface area contributed by atoms with Gasteiger partial charge in [-0.15, -0.1) is 0 Å². The summed E-state index contributed by atoms with van der Waals surface area (Å²) in [5.41, 5.74) is 4.25. The van der Waals surface area contributed by atoms with Crippen LogP contribution in [0.5, 0.6) is 0 Å². The van der Waals surface area contributed by atoms with Crippen LogP contribution in [-0.4, -0.2) is 19.7 Å². The molecule has 0 unspecified atom stereocenters. The fraction of sp³-hybridized carbons (Fsp3) is 0.150. The molecule has 124 valence electrons. The summed E-state index contributed by atoms with van der Waals surface area (Å²) in [6.45, 7) is 2.74. The molecular formula is C20H19N5. The van der Waals surface area contributed by atoms with Crippen LogP contribution in [0.15, 0.2) is 60.8 Å². The average molecular weight is 329 g/mol. The van der Waals surface area contributed by atoms with Crippen LogP contribution < -0.4 is 5.32 Å². The second-order valence-electron chi connectivity index (χ2n) is 6.01. The minimum absolute atomic E-state index is 0.676. The van der Waals surface area contributed by atoms with Crippen molar-refractivity contribution < 1.29 is 0 Å². The summed E-state index contributed by atoms with van der Waals surface area (Å²) in [6, 6.07) is 18.1. The largest absolute Gasteiger partial charge is 0.365 e. The first kappa shape index (κ1) is 15.3. The topological polar surface area (TPSA) is 55.6 Å². The smallest absolute Gasteiger partial charge is 0.162 e. The third-order valence-electron chi connectivity index (χ3n) is 4.42. The van der Waals surface area contributed by atoms with Gasteiger partial charge in [-0.3, -0.25) is 4.68 Å². The predicted octanol–water partition coefficient (Wildman–Crippen LogP) is 3.95. The zero-order valence-electron chi connectivity index (χ0n) is 14.3. The molecule has 0 fully saturated rings. The molecule has 0 aliphatic rings. The van der Waals surface area contributed by atoms with Gasteiger partial charge in [0.15, 0.2) is 5.82 Å². The molecule has 0 saturated carbocycles. The van der Waals surface area contributed by atoms with Crippen molar-refractivity contribution in [3.8, 4) is 11.4 Å². The van der Waals surface area contributed by atoms with Crippen molar-refractivity contribution in [2.75, 3.05) is 5.32 Å². The summed E-state index contributed by atoms with van der Waals surface area (Å²) >= 11 is 0. The van der Waals surface area contributed by atoms with Gasteiger partial charge in [0.25, 0.3) is 0 Å². The van der Waals surface area contributed by atoms with Gasteiger partial charge in [-0.05, 0) is 19.1 Å². The molecule has 5 nitrogen and oxygen atoms in total. The maximum absolute atomic E-state index is 4.77. The molecule has 4 aromatic rings. The molecule has 0 radical (unpaired) electrons. The van der Waals surface area contributed by atoms with E-state index in [1.54, 1.807) is 0 Å². The molecule has 2 heterocycles. The van der Waals surface area contributed by atoms with E-state index >= 15 is 0 Å². The summed E-state index contributed by atoms with van der Waals surface area (Å²) in [7, 11) is 1.95. The van der Waals surface area contributed by atoms with Crippen molar-refractivity contribution in [1.82, 2.24) is 19.7 Å². The molecule has 2 aromatic heterocycles. The standard InChI is InChI=1S/C20H19N5/c1-14-16(13-22-25(14)2)12-21-20-17-10-6-7-11-18(17)23-19(24-20)15-8-4-3-5-9-15/h3-11,13H,12H2,1-2H3,(H,21,23,24). The van der Waals surface area contributed by atoms with E-state index in [0.717, 1.165) is 39.4 Å². The van der Waals surface area contributed by atoms with Crippen LogP contribution in [0.3, 0.4) is 0 Å². The monoisotopic (exact) mass is 329 g/mol. The predicted molar refractivity (Wildman–Crippen MR) is 100 cm³/mol. The summed E-state index contributed by atoms with van der Waals surface area (Å²) in [5, 5.41) is 8.78. The molecule has 0 amide bonds. The third-order valence-corrected chi connectivity index (χ3v) is 4.42. The van der Waals surface area contributed by atoms with Crippen molar-refractivity contribution in [1.29, 1.82) is 0 Å². The molecular weight excluding hydrogens is 310 g/mol. The Kier molecular flexibility index (Phi) is 3.90. The van der Waals surface area contributed by atoms with E-state index < -0.39 is 0 Å². The molecule has 2 aromatic carbocycles. The number of rotatable bonds is 4. The number of para-hydroxylation sites is 1. The maximum atomic E-state index is 4.77.